The van der Waals surface area contributed by atoms with Crippen molar-refractivity contribution in [2.24, 2.45) is 0 Å². The molecular weight excluding hydrogens is 785 g/mol. The summed E-state index contributed by atoms with van der Waals surface area (Å²) in [5, 5.41) is 0. The quantitative estimate of drug-likeness (QED) is 0.0346. The zero-order valence-corrected chi connectivity index (χ0v) is 38.0. The third-order valence-electron chi connectivity index (χ3n) is 9.72. The predicted octanol–water partition coefficient (Wildman–Crippen LogP) is 12.5. The molecule has 308 valence electrons. The van der Waals surface area contributed by atoms with Crippen molar-refractivity contribution in [1.29, 1.82) is 0 Å². The van der Waals surface area contributed by atoms with Crippen LogP contribution < -0.4 is 9.47 Å². The Morgan fingerprint density at radius 1 is 0.404 bits per heavy atom. The summed E-state index contributed by atoms with van der Waals surface area (Å²) in [7, 11) is -8.87. The first-order valence-corrected chi connectivity index (χ1v) is 23.5. The van der Waals surface area contributed by atoms with Gasteiger partial charge in [-0.2, -0.15) is 0 Å². The van der Waals surface area contributed by atoms with Crippen molar-refractivity contribution < 1.29 is 35.4 Å². The third kappa shape index (κ3) is 21.4. The van der Waals surface area contributed by atoms with Gasteiger partial charge in [0.15, 0.2) is 0 Å². The van der Waals surface area contributed by atoms with E-state index in [1.165, 1.54) is 151 Å². The number of unbranched alkanes of at least 4 members (excludes halogenated alkanes) is 16. The summed E-state index contributed by atoms with van der Waals surface area (Å²) >= 11 is 0. The van der Waals surface area contributed by atoms with Crippen LogP contribution in [0, 0.1) is 0 Å². The number of rotatable bonds is 26. The molecule has 0 atom stereocenters. The molecule has 57 heavy (non-hydrogen) atoms. The van der Waals surface area contributed by atoms with E-state index in [2.05, 4.69) is 26.0 Å². The summed E-state index contributed by atoms with van der Waals surface area (Å²) in [6.45, 7) is 4.49. The number of hydrogen-bond acceptors (Lipinski definition) is 8. The van der Waals surface area contributed by atoms with Gasteiger partial charge in [-0.3, -0.25) is 0 Å². The van der Waals surface area contributed by atoms with Gasteiger partial charge >= 0.3 is 37.7 Å². The maximum atomic E-state index is 11.0. The first kappa shape index (κ1) is 50.7. The average molecular weight is 847 g/mol. The molecule has 0 aromatic heterocycles. The fourth-order valence-corrected chi connectivity index (χ4v) is 7.41. The molecule has 0 saturated heterocycles. The molecule has 11 heteroatoms. The van der Waals surface area contributed by atoms with Crippen LogP contribution in [0.5, 0.6) is 23.0 Å². The van der Waals surface area contributed by atoms with Crippen LogP contribution in [0.3, 0.4) is 0 Å². The molecule has 0 radical (unpaired) electrons. The minimum atomic E-state index is -4.43. The summed E-state index contributed by atoms with van der Waals surface area (Å²) in [6, 6.07) is 27.0. The van der Waals surface area contributed by atoms with E-state index < -0.39 is 20.2 Å². The zero-order chi connectivity index (χ0) is 40.5. The van der Waals surface area contributed by atoms with Gasteiger partial charge in [0, 0.05) is 0 Å². The van der Waals surface area contributed by atoms with Crippen LogP contribution >= 0.6 is 0 Å². The summed E-state index contributed by atoms with van der Waals surface area (Å²) in [5.74, 6) is 2.60. The molecule has 0 aliphatic carbocycles. The first-order chi connectivity index (χ1) is 27.0. The van der Waals surface area contributed by atoms with Crippen molar-refractivity contribution in [3.05, 3.63) is 108 Å². The molecule has 0 amide bonds. The number of hydrogen-bond donors (Lipinski definition) is 0. The van der Waals surface area contributed by atoms with E-state index in [0.29, 0.717) is 11.5 Å². The molecule has 4 aromatic rings. The van der Waals surface area contributed by atoms with E-state index >= 15 is 0 Å². The number of ether oxygens (including phenoxy) is 2. The average Bonchev–Trinajstić information content (AvgIpc) is 3.18. The third-order valence-corrected chi connectivity index (χ3v) is 11.4. The Morgan fingerprint density at radius 2 is 0.684 bits per heavy atom. The molecule has 0 heterocycles. The number of benzene rings is 4. The van der Waals surface area contributed by atoms with Gasteiger partial charge in [0.25, 0.3) is 0 Å². The van der Waals surface area contributed by atoms with Crippen LogP contribution in [0.15, 0.2) is 107 Å². The van der Waals surface area contributed by atoms with E-state index in [0.717, 1.165) is 48.3 Å². The molecule has 0 N–H and O–H groups in total. The van der Waals surface area contributed by atoms with Gasteiger partial charge in [0.05, 0.1) is 9.79 Å². The van der Waals surface area contributed by atoms with Crippen molar-refractivity contribution in [1.82, 2.24) is 0 Å². The van der Waals surface area contributed by atoms with Gasteiger partial charge in [0.1, 0.15) is 43.2 Å². The van der Waals surface area contributed by atoms with Crippen LogP contribution in [0.25, 0.3) is 0 Å². The Balaban J connectivity index is 0.000000387. The second-order valence-electron chi connectivity index (χ2n) is 14.4. The Hall–Kier alpha value is -2.44. The Kier molecular flexibility index (Phi) is 25.7. The van der Waals surface area contributed by atoms with E-state index in [9.17, 15) is 25.9 Å². The molecule has 4 aromatic carbocycles. The molecule has 0 saturated carbocycles. The van der Waals surface area contributed by atoms with Gasteiger partial charge in [-0.15, -0.1) is 0 Å². The minimum Gasteiger partial charge on any atom is -0.744 e. The fourth-order valence-electron chi connectivity index (χ4n) is 6.47. The fraction of sp³-hybridized carbons (Fsp3) is 0.478. The van der Waals surface area contributed by atoms with E-state index in [-0.39, 0.29) is 47.5 Å². The molecule has 0 spiro atoms. The largest absolute Gasteiger partial charge is 2.00 e. The van der Waals surface area contributed by atoms with Gasteiger partial charge in [0.2, 0.25) is 0 Å². The van der Waals surface area contributed by atoms with Gasteiger partial charge in [-0.25, -0.2) is 16.8 Å². The van der Waals surface area contributed by atoms with Gasteiger partial charge in [-0.1, -0.05) is 153 Å². The number of aryl methyl sites for hydroxylation is 2. The minimum absolute atomic E-state index is 0. The Bertz CT molecular complexity index is 1740. The summed E-state index contributed by atoms with van der Waals surface area (Å²) in [4.78, 5) is -0.495. The molecule has 0 fully saturated rings. The summed E-state index contributed by atoms with van der Waals surface area (Å²) in [5.41, 5.74) is 2.29. The molecule has 0 bridgehead atoms. The standard InChI is InChI=1S/2C23H32O4S.Ca/c2*1-2-3-4-5-6-7-8-9-10-13-20-14-11-12-15-23(20)27-21-16-18-22(19-17-21)28(24,25)26;/h2*11-12,14-19H,2-10,13H2,1H3,(H,24,25,26);/q;;+2/p-2. The van der Waals surface area contributed by atoms with Crippen LogP contribution in [0.4, 0.5) is 0 Å². The number of para-hydroxylation sites is 2. The Labute approximate surface area is 373 Å². The van der Waals surface area contributed by atoms with Crippen molar-refractivity contribution in [3.63, 3.8) is 0 Å². The molecular formula is C46H62CaO8S2. The Morgan fingerprint density at radius 3 is 0.982 bits per heavy atom. The van der Waals surface area contributed by atoms with Crippen LogP contribution in [-0.4, -0.2) is 63.7 Å². The smallest absolute Gasteiger partial charge is 0.744 e. The topological polar surface area (TPSA) is 133 Å². The molecule has 0 unspecified atom stereocenters. The van der Waals surface area contributed by atoms with Crippen LogP contribution in [-0.2, 0) is 33.1 Å². The van der Waals surface area contributed by atoms with Crippen molar-refractivity contribution in [2.45, 2.75) is 152 Å². The van der Waals surface area contributed by atoms with Crippen LogP contribution in [0.1, 0.15) is 141 Å². The second-order valence-corrected chi connectivity index (χ2v) is 17.2. The van der Waals surface area contributed by atoms with E-state index in [1.54, 1.807) is 0 Å². The predicted molar refractivity (Wildman–Crippen MR) is 229 cm³/mol. The SMILES string of the molecule is CCCCCCCCCCCc1ccccc1Oc1ccc(S(=O)(=O)[O-])cc1.CCCCCCCCCCCc1ccccc1Oc1ccc(S(=O)(=O)[O-])cc1.[Ca+2]. The first-order valence-electron chi connectivity index (χ1n) is 20.6. The van der Waals surface area contributed by atoms with E-state index in [4.69, 9.17) is 9.47 Å². The molecule has 8 nitrogen and oxygen atoms in total. The maximum absolute atomic E-state index is 11.0. The summed E-state index contributed by atoms with van der Waals surface area (Å²) in [6.07, 6.45) is 25.2. The van der Waals surface area contributed by atoms with Crippen molar-refractivity contribution in [2.75, 3.05) is 0 Å². The molecule has 0 aliphatic rings. The molecule has 4 rings (SSSR count). The van der Waals surface area contributed by atoms with Crippen LogP contribution in [0.2, 0.25) is 0 Å². The van der Waals surface area contributed by atoms with Gasteiger partial charge < -0.3 is 18.6 Å². The van der Waals surface area contributed by atoms with Crippen molar-refractivity contribution in [3.8, 4) is 23.0 Å². The summed E-state index contributed by atoms with van der Waals surface area (Å²) < 4.78 is 77.9. The monoisotopic (exact) mass is 846 g/mol. The second kappa shape index (κ2) is 28.9. The zero-order valence-electron chi connectivity index (χ0n) is 34.2. The normalized spacial score (nSPS) is 11.3. The van der Waals surface area contributed by atoms with Crippen molar-refractivity contribution >= 4 is 58.0 Å². The maximum Gasteiger partial charge on any atom is 2.00 e. The van der Waals surface area contributed by atoms with Gasteiger partial charge in [-0.05, 0) is 97.5 Å². The van der Waals surface area contributed by atoms with E-state index in [1.807, 2.05) is 36.4 Å². The molecule has 0 aliphatic heterocycles.